The highest BCUT2D eigenvalue weighted by Gasteiger charge is 2.22. The van der Waals surface area contributed by atoms with Crippen LogP contribution in [-0.4, -0.2) is 16.4 Å². The van der Waals surface area contributed by atoms with Crippen LogP contribution in [0.2, 0.25) is 0 Å². The second-order valence-electron chi connectivity index (χ2n) is 5.46. The number of rotatable bonds is 4. The van der Waals surface area contributed by atoms with Crippen LogP contribution in [0.4, 0.5) is 5.82 Å². The third-order valence-corrected chi connectivity index (χ3v) is 4.04. The number of carbonyl (C=O) groups excluding carboxylic acids is 1. The van der Waals surface area contributed by atoms with Crippen molar-refractivity contribution in [2.24, 2.45) is 7.05 Å². The van der Waals surface area contributed by atoms with Gasteiger partial charge in [0.15, 0.2) is 5.78 Å². The van der Waals surface area contributed by atoms with Gasteiger partial charge in [0, 0.05) is 24.7 Å². The van der Waals surface area contributed by atoms with E-state index in [0.717, 1.165) is 12.8 Å². The molecule has 0 atom stereocenters. The lowest BCUT2D eigenvalue weighted by molar-refractivity contribution is 0.103. The molecule has 0 spiro atoms. The Hall–Kier alpha value is -2.36. The minimum Gasteiger partial charge on any atom is -0.368 e. The molecule has 0 saturated heterocycles. The molecular weight excluding hydrogens is 264 g/mol. The summed E-state index contributed by atoms with van der Waals surface area (Å²) < 4.78 is 1.52. The fraction of sp³-hybridized carbons (Fsp3) is 0.294. The van der Waals surface area contributed by atoms with Gasteiger partial charge in [0.05, 0.1) is 5.56 Å². The zero-order valence-corrected chi connectivity index (χ0v) is 12.0. The van der Waals surface area contributed by atoms with Crippen LogP contribution in [0.15, 0.2) is 47.3 Å². The lowest BCUT2D eigenvalue weighted by Crippen LogP contribution is -2.32. The Labute approximate surface area is 123 Å². The number of ketones is 1. The summed E-state index contributed by atoms with van der Waals surface area (Å²) in [4.78, 5) is 24.5. The van der Waals surface area contributed by atoms with Crippen LogP contribution >= 0.6 is 0 Å². The van der Waals surface area contributed by atoms with Crippen molar-refractivity contribution in [3.63, 3.8) is 0 Å². The lowest BCUT2D eigenvalue weighted by atomic mass is 9.92. The van der Waals surface area contributed by atoms with Crippen LogP contribution < -0.4 is 10.9 Å². The Morgan fingerprint density at radius 3 is 2.48 bits per heavy atom. The smallest absolute Gasteiger partial charge is 0.251 e. The highest BCUT2D eigenvalue weighted by molar-refractivity contribution is 6.11. The van der Waals surface area contributed by atoms with Crippen molar-refractivity contribution in [1.29, 1.82) is 0 Å². The van der Waals surface area contributed by atoms with Gasteiger partial charge in [-0.1, -0.05) is 30.3 Å². The molecule has 1 aliphatic carbocycles. The lowest BCUT2D eigenvalue weighted by Gasteiger charge is -2.29. The van der Waals surface area contributed by atoms with E-state index in [1.165, 1.54) is 17.1 Å². The van der Waals surface area contributed by atoms with Crippen LogP contribution in [0.5, 0.6) is 0 Å². The molecule has 0 aliphatic heterocycles. The minimum absolute atomic E-state index is 0.0620. The number of benzene rings is 1. The molecule has 4 heteroatoms. The van der Waals surface area contributed by atoms with Crippen LogP contribution in [0.25, 0.3) is 0 Å². The second kappa shape index (κ2) is 5.56. The van der Waals surface area contributed by atoms with Gasteiger partial charge in [-0.25, -0.2) is 0 Å². The SMILES string of the molecule is Cn1c(NC2CCC2)c(C(=O)c2ccccc2)ccc1=O. The van der Waals surface area contributed by atoms with Crippen molar-refractivity contribution in [1.82, 2.24) is 4.57 Å². The molecule has 1 aliphatic rings. The second-order valence-corrected chi connectivity index (χ2v) is 5.46. The standard InChI is InChI=1S/C17H18N2O2/c1-19-15(20)11-10-14(17(19)18-13-8-5-9-13)16(21)12-6-3-2-4-7-12/h2-4,6-7,10-11,13,18H,5,8-9H2,1H3. The Morgan fingerprint density at radius 2 is 1.86 bits per heavy atom. The first-order valence-electron chi connectivity index (χ1n) is 7.23. The molecule has 3 rings (SSSR count). The quantitative estimate of drug-likeness (QED) is 0.877. The first-order chi connectivity index (χ1) is 10.2. The van der Waals surface area contributed by atoms with E-state index in [1.807, 2.05) is 18.2 Å². The van der Waals surface area contributed by atoms with Gasteiger partial charge < -0.3 is 5.32 Å². The molecule has 4 nitrogen and oxygen atoms in total. The Balaban J connectivity index is 2.02. The number of hydrogen-bond donors (Lipinski definition) is 1. The van der Waals surface area contributed by atoms with E-state index in [0.29, 0.717) is 23.0 Å². The average Bonchev–Trinajstić information content (AvgIpc) is 2.47. The molecule has 1 fully saturated rings. The third kappa shape index (κ3) is 2.61. The van der Waals surface area contributed by atoms with Crippen LogP contribution in [-0.2, 0) is 7.05 Å². The van der Waals surface area contributed by atoms with Crippen LogP contribution in [0.1, 0.15) is 35.2 Å². The van der Waals surface area contributed by atoms with Crippen LogP contribution in [0, 0.1) is 0 Å². The van der Waals surface area contributed by atoms with Crippen molar-refractivity contribution in [2.75, 3.05) is 5.32 Å². The first kappa shape index (κ1) is 13.6. The molecule has 0 radical (unpaired) electrons. The van der Waals surface area contributed by atoms with E-state index in [1.54, 1.807) is 25.2 Å². The van der Waals surface area contributed by atoms with E-state index >= 15 is 0 Å². The summed E-state index contributed by atoms with van der Waals surface area (Å²) in [6.07, 6.45) is 3.37. The summed E-state index contributed by atoms with van der Waals surface area (Å²) in [5.74, 6) is 0.564. The van der Waals surface area contributed by atoms with Crippen molar-refractivity contribution in [3.8, 4) is 0 Å². The van der Waals surface area contributed by atoms with Gasteiger partial charge in [0.1, 0.15) is 5.82 Å². The van der Waals surface area contributed by atoms with E-state index in [4.69, 9.17) is 0 Å². The first-order valence-corrected chi connectivity index (χ1v) is 7.23. The molecule has 0 bridgehead atoms. The molecule has 21 heavy (non-hydrogen) atoms. The van der Waals surface area contributed by atoms with Crippen molar-refractivity contribution >= 4 is 11.6 Å². The maximum atomic E-state index is 12.7. The third-order valence-electron chi connectivity index (χ3n) is 4.04. The number of pyridine rings is 1. The minimum atomic E-state index is -0.110. The number of anilines is 1. The van der Waals surface area contributed by atoms with Gasteiger partial charge in [-0.2, -0.15) is 0 Å². The van der Waals surface area contributed by atoms with Gasteiger partial charge in [-0.3, -0.25) is 14.2 Å². The van der Waals surface area contributed by atoms with Gasteiger partial charge >= 0.3 is 0 Å². The number of carbonyl (C=O) groups is 1. The fourth-order valence-corrected chi connectivity index (χ4v) is 2.48. The monoisotopic (exact) mass is 282 g/mol. The molecule has 108 valence electrons. The summed E-state index contributed by atoms with van der Waals surface area (Å²) in [6, 6.07) is 12.6. The average molecular weight is 282 g/mol. The highest BCUT2D eigenvalue weighted by atomic mass is 16.1. The number of aromatic nitrogens is 1. The Bertz CT molecular complexity index is 715. The number of hydrogen-bond acceptors (Lipinski definition) is 3. The van der Waals surface area contributed by atoms with Crippen molar-refractivity contribution < 1.29 is 4.79 Å². The largest absolute Gasteiger partial charge is 0.368 e. The zero-order valence-electron chi connectivity index (χ0n) is 12.0. The maximum Gasteiger partial charge on any atom is 0.251 e. The summed E-state index contributed by atoms with van der Waals surface area (Å²) in [5, 5.41) is 3.35. The number of nitrogens with one attached hydrogen (secondary N) is 1. The van der Waals surface area contributed by atoms with E-state index < -0.39 is 0 Å². The molecule has 0 unspecified atom stereocenters. The van der Waals surface area contributed by atoms with Crippen molar-refractivity contribution in [2.45, 2.75) is 25.3 Å². The Morgan fingerprint density at radius 1 is 1.14 bits per heavy atom. The normalized spacial score (nSPS) is 14.5. The van der Waals surface area contributed by atoms with E-state index in [9.17, 15) is 9.59 Å². The van der Waals surface area contributed by atoms with E-state index in [2.05, 4.69) is 5.32 Å². The molecule has 1 heterocycles. The molecule has 1 aromatic heterocycles. The fourth-order valence-electron chi connectivity index (χ4n) is 2.48. The van der Waals surface area contributed by atoms with Gasteiger partial charge in [0.2, 0.25) is 0 Å². The molecule has 1 aromatic carbocycles. The molecule has 1 N–H and O–H groups in total. The Kier molecular flexibility index (Phi) is 3.60. The maximum absolute atomic E-state index is 12.7. The highest BCUT2D eigenvalue weighted by Crippen LogP contribution is 2.25. The summed E-state index contributed by atoms with van der Waals surface area (Å²) >= 11 is 0. The van der Waals surface area contributed by atoms with Gasteiger partial charge in [-0.15, -0.1) is 0 Å². The van der Waals surface area contributed by atoms with Crippen LogP contribution in [0.3, 0.4) is 0 Å². The van der Waals surface area contributed by atoms with Gasteiger partial charge in [0.25, 0.3) is 5.56 Å². The van der Waals surface area contributed by atoms with Crippen molar-refractivity contribution in [3.05, 3.63) is 63.9 Å². The predicted octanol–water partition coefficient (Wildman–Crippen LogP) is 2.58. The zero-order chi connectivity index (χ0) is 14.8. The topological polar surface area (TPSA) is 51.1 Å². The molecule has 2 aromatic rings. The summed E-state index contributed by atoms with van der Waals surface area (Å²) in [6.45, 7) is 0. The number of nitrogens with zero attached hydrogens (tertiary/aromatic N) is 1. The summed E-state index contributed by atoms with van der Waals surface area (Å²) in [5.41, 5.74) is 1.07. The van der Waals surface area contributed by atoms with E-state index in [-0.39, 0.29) is 11.3 Å². The molecule has 1 saturated carbocycles. The summed E-state index contributed by atoms with van der Waals surface area (Å²) in [7, 11) is 1.70. The predicted molar refractivity (Wildman–Crippen MR) is 82.8 cm³/mol. The molecular formula is C17H18N2O2. The van der Waals surface area contributed by atoms with Gasteiger partial charge in [-0.05, 0) is 25.3 Å². The molecule has 0 amide bonds.